The zero-order chi connectivity index (χ0) is 13.7. The van der Waals surface area contributed by atoms with Gasteiger partial charge in [0, 0.05) is 6.42 Å². The molecule has 1 heterocycles. The lowest BCUT2D eigenvalue weighted by Gasteiger charge is -2.15. The molecule has 2 N–H and O–H groups in total. The van der Waals surface area contributed by atoms with Gasteiger partial charge in [-0.25, -0.2) is 4.39 Å². The molecule has 1 saturated heterocycles. The lowest BCUT2D eigenvalue weighted by atomic mass is 10.0. The van der Waals surface area contributed by atoms with E-state index in [4.69, 9.17) is 0 Å². The van der Waals surface area contributed by atoms with E-state index in [1.165, 1.54) is 18.6 Å². The number of halogens is 1. The van der Waals surface area contributed by atoms with Crippen LogP contribution in [0.4, 0.5) is 4.39 Å². The molecule has 1 aliphatic rings. The molecule has 3 nitrogen and oxygen atoms in total. The molecule has 2 atom stereocenters. The Hall–Kier alpha value is -1.42. The third-order valence-corrected chi connectivity index (χ3v) is 3.69. The molecule has 0 spiro atoms. The Morgan fingerprint density at radius 1 is 1.47 bits per heavy atom. The molecule has 1 fully saturated rings. The second kappa shape index (κ2) is 6.66. The maximum Gasteiger partial charge on any atom is 0.220 e. The minimum atomic E-state index is -0.254. The number of amides is 1. The van der Waals surface area contributed by atoms with E-state index in [0.717, 1.165) is 25.1 Å². The zero-order valence-corrected chi connectivity index (χ0v) is 11.3. The SMILES string of the molecule is CC(NC(=O)CCC1CCNC1)c1ccc(F)cc1. The van der Waals surface area contributed by atoms with Gasteiger partial charge in [0.1, 0.15) is 5.82 Å². The third-order valence-electron chi connectivity index (χ3n) is 3.69. The monoisotopic (exact) mass is 264 g/mol. The second-order valence-corrected chi connectivity index (χ2v) is 5.24. The van der Waals surface area contributed by atoms with Crippen molar-refractivity contribution >= 4 is 5.91 Å². The van der Waals surface area contributed by atoms with Crippen LogP contribution in [0.5, 0.6) is 0 Å². The van der Waals surface area contributed by atoms with E-state index < -0.39 is 0 Å². The molecule has 0 saturated carbocycles. The predicted molar refractivity (Wildman–Crippen MR) is 73.2 cm³/mol. The highest BCUT2D eigenvalue weighted by atomic mass is 19.1. The highest BCUT2D eigenvalue weighted by Gasteiger charge is 2.16. The quantitative estimate of drug-likeness (QED) is 0.857. The number of carbonyl (C=O) groups is 1. The van der Waals surface area contributed by atoms with E-state index in [9.17, 15) is 9.18 Å². The molecule has 1 aliphatic heterocycles. The fraction of sp³-hybridized carbons (Fsp3) is 0.533. The first-order chi connectivity index (χ1) is 9.15. The van der Waals surface area contributed by atoms with Crippen LogP contribution >= 0.6 is 0 Å². The summed E-state index contributed by atoms with van der Waals surface area (Å²) in [5, 5.41) is 6.26. The van der Waals surface area contributed by atoms with E-state index in [-0.39, 0.29) is 17.8 Å². The molecule has 0 bridgehead atoms. The normalized spacial score (nSPS) is 20.2. The molecule has 0 aliphatic carbocycles. The van der Waals surface area contributed by atoms with Crippen molar-refractivity contribution in [3.63, 3.8) is 0 Å². The van der Waals surface area contributed by atoms with Crippen LogP contribution in [0, 0.1) is 11.7 Å². The average Bonchev–Trinajstić information content (AvgIpc) is 2.90. The van der Waals surface area contributed by atoms with E-state index in [2.05, 4.69) is 10.6 Å². The van der Waals surface area contributed by atoms with Gasteiger partial charge in [0.25, 0.3) is 0 Å². The second-order valence-electron chi connectivity index (χ2n) is 5.24. The maximum absolute atomic E-state index is 12.8. The Bertz CT molecular complexity index is 413. The highest BCUT2D eigenvalue weighted by Crippen LogP contribution is 2.16. The largest absolute Gasteiger partial charge is 0.350 e. The van der Waals surface area contributed by atoms with Crippen molar-refractivity contribution < 1.29 is 9.18 Å². The standard InChI is InChI=1S/C15H21FN2O/c1-11(13-3-5-14(16)6-4-13)18-15(19)7-2-12-8-9-17-10-12/h3-6,11-12,17H,2,7-10H2,1H3,(H,18,19). The van der Waals surface area contributed by atoms with Gasteiger partial charge < -0.3 is 10.6 Å². The first-order valence-electron chi connectivity index (χ1n) is 6.90. The Morgan fingerprint density at radius 3 is 2.84 bits per heavy atom. The minimum Gasteiger partial charge on any atom is -0.350 e. The maximum atomic E-state index is 12.8. The summed E-state index contributed by atoms with van der Waals surface area (Å²) in [5.74, 6) is 0.451. The van der Waals surface area contributed by atoms with Crippen molar-refractivity contribution in [2.45, 2.75) is 32.2 Å². The van der Waals surface area contributed by atoms with Crippen LogP contribution in [0.2, 0.25) is 0 Å². The molecule has 19 heavy (non-hydrogen) atoms. The van der Waals surface area contributed by atoms with Crippen molar-refractivity contribution in [1.29, 1.82) is 0 Å². The summed E-state index contributed by atoms with van der Waals surface area (Å²) in [5.41, 5.74) is 0.928. The van der Waals surface area contributed by atoms with E-state index in [1.807, 2.05) is 6.92 Å². The number of carbonyl (C=O) groups excluding carboxylic acids is 1. The lowest BCUT2D eigenvalue weighted by molar-refractivity contribution is -0.122. The molecule has 2 unspecified atom stereocenters. The van der Waals surface area contributed by atoms with Gasteiger partial charge in [0.15, 0.2) is 0 Å². The van der Waals surface area contributed by atoms with Crippen molar-refractivity contribution in [3.05, 3.63) is 35.6 Å². The van der Waals surface area contributed by atoms with Crippen LogP contribution in [0.1, 0.15) is 37.8 Å². The van der Waals surface area contributed by atoms with Crippen LogP contribution in [-0.2, 0) is 4.79 Å². The van der Waals surface area contributed by atoms with Crippen LogP contribution in [-0.4, -0.2) is 19.0 Å². The first-order valence-corrected chi connectivity index (χ1v) is 6.90. The van der Waals surface area contributed by atoms with Gasteiger partial charge in [-0.3, -0.25) is 4.79 Å². The first kappa shape index (κ1) is 14.0. The molecule has 1 amide bonds. The van der Waals surface area contributed by atoms with Crippen molar-refractivity contribution in [2.75, 3.05) is 13.1 Å². The molecular weight excluding hydrogens is 243 g/mol. The fourth-order valence-electron chi connectivity index (χ4n) is 2.44. The molecule has 0 radical (unpaired) electrons. The summed E-state index contributed by atoms with van der Waals surface area (Å²) < 4.78 is 12.8. The smallest absolute Gasteiger partial charge is 0.220 e. The summed E-state index contributed by atoms with van der Waals surface area (Å²) in [6, 6.07) is 6.18. The van der Waals surface area contributed by atoms with Crippen LogP contribution < -0.4 is 10.6 Å². The van der Waals surface area contributed by atoms with Crippen LogP contribution in [0.3, 0.4) is 0 Å². The summed E-state index contributed by atoms with van der Waals surface area (Å²) in [6.45, 7) is 4.02. The van der Waals surface area contributed by atoms with Crippen molar-refractivity contribution in [1.82, 2.24) is 10.6 Å². The molecule has 104 valence electrons. The van der Waals surface area contributed by atoms with Crippen LogP contribution in [0.15, 0.2) is 24.3 Å². The van der Waals surface area contributed by atoms with Gasteiger partial charge in [-0.15, -0.1) is 0 Å². The summed E-state index contributed by atoms with van der Waals surface area (Å²) >= 11 is 0. The Balaban J connectivity index is 1.76. The summed E-state index contributed by atoms with van der Waals surface area (Å²) in [6.07, 6.45) is 2.67. The topological polar surface area (TPSA) is 41.1 Å². The number of hydrogen-bond acceptors (Lipinski definition) is 2. The Labute approximate surface area is 113 Å². The summed E-state index contributed by atoms with van der Waals surface area (Å²) in [7, 11) is 0. The average molecular weight is 264 g/mol. The fourth-order valence-corrected chi connectivity index (χ4v) is 2.44. The summed E-state index contributed by atoms with van der Waals surface area (Å²) in [4.78, 5) is 11.8. The third kappa shape index (κ3) is 4.31. The number of benzene rings is 1. The lowest BCUT2D eigenvalue weighted by Crippen LogP contribution is -2.27. The van der Waals surface area contributed by atoms with Gasteiger partial charge >= 0.3 is 0 Å². The zero-order valence-electron chi connectivity index (χ0n) is 11.3. The van der Waals surface area contributed by atoms with E-state index >= 15 is 0 Å². The van der Waals surface area contributed by atoms with Gasteiger partial charge in [-0.1, -0.05) is 12.1 Å². The van der Waals surface area contributed by atoms with Gasteiger partial charge in [-0.05, 0) is 56.5 Å². The van der Waals surface area contributed by atoms with Gasteiger partial charge in [-0.2, -0.15) is 0 Å². The van der Waals surface area contributed by atoms with Gasteiger partial charge in [0.05, 0.1) is 6.04 Å². The highest BCUT2D eigenvalue weighted by molar-refractivity contribution is 5.76. The van der Waals surface area contributed by atoms with Crippen LogP contribution in [0.25, 0.3) is 0 Å². The number of hydrogen-bond donors (Lipinski definition) is 2. The number of nitrogens with one attached hydrogen (secondary N) is 2. The van der Waals surface area contributed by atoms with E-state index in [0.29, 0.717) is 12.3 Å². The molecule has 2 rings (SSSR count). The Morgan fingerprint density at radius 2 is 2.21 bits per heavy atom. The molecule has 1 aromatic carbocycles. The Kier molecular flexibility index (Phi) is 4.91. The van der Waals surface area contributed by atoms with Gasteiger partial charge in [0.2, 0.25) is 5.91 Å². The molecular formula is C15H21FN2O. The minimum absolute atomic E-state index is 0.0729. The van der Waals surface area contributed by atoms with Crippen molar-refractivity contribution in [2.24, 2.45) is 5.92 Å². The van der Waals surface area contributed by atoms with Crippen molar-refractivity contribution in [3.8, 4) is 0 Å². The molecule has 0 aromatic heterocycles. The predicted octanol–water partition coefficient (Wildman–Crippen LogP) is 2.39. The molecule has 4 heteroatoms. The number of rotatable bonds is 5. The molecule has 1 aromatic rings. The van der Waals surface area contributed by atoms with E-state index in [1.54, 1.807) is 12.1 Å².